The third-order valence-electron chi connectivity index (χ3n) is 2.97. The van der Waals surface area contributed by atoms with Crippen molar-refractivity contribution in [1.29, 1.82) is 0 Å². The van der Waals surface area contributed by atoms with E-state index in [1.165, 1.54) is 11.8 Å². The van der Waals surface area contributed by atoms with Gasteiger partial charge < -0.3 is 19.8 Å². The van der Waals surface area contributed by atoms with Gasteiger partial charge in [-0.25, -0.2) is 4.79 Å². The fourth-order valence-corrected chi connectivity index (χ4v) is 1.89. The van der Waals surface area contributed by atoms with Gasteiger partial charge in [0.1, 0.15) is 6.54 Å². The van der Waals surface area contributed by atoms with Crippen LogP contribution in [-0.4, -0.2) is 77.0 Å². The SMILES string of the molecule is CCN(CC(=O)O)C(=O)N1CCN(C(C)=O)CC1. The van der Waals surface area contributed by atoms with E-state index in [2.05, 4.69) is 0 Å². The molecule has 0 aromatic rings. The summed E-state index contributed by atoms with van der Waals surface area (Å²) in [7, 11) is 0. The molecule has 0 saturated carbocycles. The first-order valence-corrected chi connectivity index (χ1v) is 5.96. The van der Waals surface area contributed by atoms with Gasteiger partial charge in [0.15, 0.2) is 0 Å². The number of piperazine rings is 1. The van der Waals surface area contributed by atoms with Gasteiger partial charge in [-0.15, -0.1) is 0 Å². The molecule has 1 heterocycles. The topological polar surface area (TPSA) is 81.2 Å². The highest BCUT2D eigenvalue weighted by Crippen LogP contribution is 2.06. The largest absolute Gasteiger partial charge is 0.480 e. The van der Waals surface area contributed by atoms with Crippen molar-refractivity contribution in [2.45, 2.75) is 13.8 Å². The summed E-state index contributed by atoms with van der Waals surface area (Å²) in [5.74, 6) is -1.02. The molecule has 102 valence electrons. The first-order valence-electron chi connectivity index (χ1n) is 5.96. The van der Waals surface area contributed by atoms with E-state index in [0.717, 1.165) is 0 Å². The van der Waals surface area contributed by atoms with Gasteiger partial charge in [0.05, 0.1) is 0 Å². The van der Waals surface area contributed by atoms with E-state index in [1.54, 1.807) is 16.7 Å². The van der Waals surface area contributed by atoms with Crippen molar-refractivity contribution in [1.82, 2.24) is 14.7 Å². The lowest BCUT2D eigenvalue weighted by Gasteiger charge is -2.36. The van der Waals surface area contributed by atoms with Gasteiger partial charge in [0.2, 0.25) is 5.91 Å². The van der Waals surface area contributed by atoms with Gasteiger partial charge >= 0.3 is 12.0 Å². The third kappa shape index (κ3) is 3.61. The molecule has 0 atom stereocenters. The van der Waals surface area contributed by atoms with E-state index in [4.69, 9.17) is 5.11 Å². The van der Waals surface area contributed by atoms with E-state index < -0.39 is 5.97 Å². The highest BCUT2D eigenvalue weighted by Gasteiger charge is 2.26. The van der Waals surface area contributed by atoms with Crippen molar-refractivity contribution in [2.75, 3.05) is 39.3 Å². The van der Waals surface area contributed by atoms with Crippen molar-refractivity contribution in [3.63, 3.8) is 0 Å². The van der Waals surface area contributed by atoms with E-state index >= 15 is 0 Å². The predicted octanol–water partition coefficient (Wildman–Crippen LogP) is -0.323. The lowest BCUT2D eigenvalue weighted by atomic mass is 10.3. The zero-order valence-electron chi connectivity index (χ0n) is 10.8. The van der Waals surface area contributed by atoms with Crippen LogP contribution in [0, 0.1) is 0 Å². The van der Waals surface area contributed by atoms with Crippen molar-refractivity contribution >= 4 is 17.9 Å². The standard InChI is InChI=1S/C11H19N3O4/c1-3-12(8-10(16)17)11(18)14-6-4-13(5-7-14)9(2)15/h3-8H2,1-2H3,(H,16,17). The highest BCUT2D eigenvalue weighted by atomic mass is 16.4. The maximum atomic E-state index is 12.0. The number of hydrogen-bond acceptors (Lipinski definition) is 3. The summed E-state index contributed by atoms with van der Waals surface area (Å²) in [5, 5.41) is 8.71. The second kappa shape index (κ2) is 6.23. The van der Waals surface area contributed by atoms with Gasteiger partial charge in [-0.05, 0) is 6.92 Å². The van der Waals surface area contributed by atoms with Crippen LogP contribution >= 0.6 is 0 Å². The summed E-state index contributed by atoms with van der Waals surface area (Å²) in [6, 6.07) is -0.275. The number of rotatable bonds is 3. The maximum absolute atomic E-state index is 12.0. The summed E-state index contributed by atoms with van der Waals surface area (Å²) in [5.41, 5.74) is 0. The Kier molecular flexibility index (Phi) is 4.94. The van der Waals surface area contributed by atoms with Gasteiger partial charge in [-0.3, -0.25) is 9.59 Å². The van der Waals surface area contributed by atoms with Gasteiger partial charge in [0.25, 0.3) is 0 Å². The van der Waals surface area contributed by atoms with Crippen molar-refractivity contribution in [3.05, 3.63) is 0 Å². The molecule has 7 heteroatoms. The molecule has 0 aromatic heterocycles. The number of carbonyl (C=O) groups excluding carboxylic acids is 2. The Hall–Kier alpha value is -1.79. The number of carbonyl (C=O) groups is 3. The fourth-order valence-electron chi connectivity index (χ4n) is 1.89. The molecule has 0 aliphatic carbocycles. The molecule has 1 aliphatic rings. The van der Waals surface area contributed by atoms with E-state index in [-0.39, 0.29) is 18.5 Å². The van der Waals surface area contributed by atoms with Crippen LogP contribution in [-0.2, 0) is 9.59 Å². The summed E-state index contributed by atoms with van der Waals surface area (Å²) >= 11 is 0. The molecule has 0 spiro atoms. The molecule has 18 heavy (non-hydrogen) atoms. The Morgan fingerprint density at radius 1 is 1.11 bits per heavy atom. The monoisotopic (exact) mass is 257 g/mol. The minimum Gasteiger partial charge on any atom is -0.480 e. The summed E-state index contributed by atoms with van der Waals surface area (Å²) in [4.78, 5) is 38.4. The first kappa shape index (κ1) is 14.3. The van der Waals surface area contributed by atoms with Crippen LogP contribution in [0.25, 0.3) is 0 Å². The Bertz CT molecular complexity index is 337. The average Bonchev–Trinajstić information content (AvgIpc) is 2.35. The molecule has 3 amide bonds. The summed E-state index contributed by atoms with van der Waals surface area (Å²) < 4.78 is 0. The van der Waals surface area contributed by atoms with Crippen LogP contribution in [0.4, 0.5) is 4.79 Å². The fraction of sp³-hybridized carbons (Fsp3) is 0.727. The van der Waals surface area contributed by atoms with Gasteiger partial charge in [-0.2, -0.15) is 0 Å². The molecule has 7 nitrogen and oxygen atoms in total. The van der Waals surface area contributed by atoms with Crippen LogP contribution in [0.3, 0.4) is 0 Å². The second-order valence-electron chi connectivity index (χ2n) is 4.18. The van der Waals surface area contributed by atoms with Crippen molar-refractivity contribution in [3.8, 4) is 0 Å². The smallest absolute Gasteiger partial charge is 0.323 e. The Morgan fingerprint density at radius 2 is 1.61 bits per heavy atom. The number of carboxylic acid groups (broad SMARTS) is 1. The molecule has 1 rings (SSSR count). The normalized spacial score (nSPS) is 15.4. The number of urea groups is 1. The Labute approximate surface area is 106 Å². The Balaban J connectivity index is 2.52. The zero-order chi connectivity index (χ0) is 13.7. The van der Waals surface area contributed by atoms with Gasteiger partial charge in [0, 0.05) is 39.6 Å². The molecule has 1 aliphatic heterocycles. The lowest BCUT2D eigenvalue weighted by molar-refractivity contribution is -0.137. The van der Waals surface area contributed by atoms with E-state index in [1.807, 2.05) is 0 Å². The predicted molar refractivity (Wildman–Crippen MR) is 64.1 cm³/mol. The Morgan fingerprint density at radius 3 is 2.00 bits per heavy atom. The third-order valence-corrected chi connectivity index (χ3v) is 2.97. The molecule has 0 unspecified atom stereocenters. The summed E-state index contributed by atoms with van der Waals surface area (Å²) in [6.07, 6.45) is 0. The van der Waals surface area contributed by atoms with Crippen LogP contribution in [0.1, 0.15) is 13.8 Å². The molecule has 0 bridgehead atoms. The molecule has 0 radical (unpaired) electrons. The molecular weight excluding hydrogens is 238 g/mol. The quantitative estimate of drug-likeness (QED) is 0.751. The number of likely N-dealkylation sites (N-methyl/N-ethyl adjacent to an activating group) is 1. The van der Waals surface area contributed by atoms with E-state index in [0.29, 0.717) is 32.7 Å². The minimum atomic E-state index is -1.02. The van der Waals surface area contributed by atoms with Crippen LogP contribution in [0.5, 0.6) is 0 Å². The molecule has 0 aromatic carbocycles. The first-order chi connectivity index (χ1) is 8.45. The molecule has 1 saturated heterocycles. The van der Waals surface area contributed by atoms with Crippen LogP contribution < -0.4 is 0 Å². The molecular formula is C11H19N3O4. The van der Waals surface area contributed by atoms with Gasteiger partial charge in [-0.1, -0.05) is 0 Å². The van der Waals surface area contributed by atoms with Crippen LogP contribution in [0.15, 0.2) is 0 Å². The summed E-state index contributed by atoms with van der Waals surface area (Å²) in [6.45, 7) is 5.23. The number of carboxylic acids is 1. The van der Waals surface area contributed by atoms with E-state index in [9.17, 15) is 14.4 Å². The second-order valence-corrected chi connectivity index (χ2v) is 4.18. The number of nitrogens with zero attached hydrogens (tertiary/aromatic N) is 3. The van der Waals surface area contributed by atoms with Crippen molar-refractivity contribution < 1.29 is 19.5 Å². The van der Waals surface area contributed by atoms with Crippen LogP contribution in [0.2, 0.25) is 0 Å². The minimum absolute atomic E-state index is 0.0000161. The number of aliphatic carboxylic acids is 1. The average molecular weight is 257 g/mol. The molecule has 1 fully saturated rings. The number of amides is 3. The molecule has 1 N–H and O–H groups in total. The highest BCUT2D eigenvalue weighted by molar-refractivity contribution is 5.80. The maximum Gasteiger partial charge on any atom is 0.323 e. The van der Waals surface area contributed by atoms with Crippen molar-refractivity contribution in [2.24, 2.45) is 0 Å². The number of hydrogen-bond donors (Lipinski definition) is 1. The zero-order valence-corrected chi connectivity index (χ0v) is 10.8. The lowest BCUT2D eigenvalue weighted by Crippen LogP contribution is -2.54.